The van der Waals surface area contributed by atoms with Gasteiger partial charge in [0, 0.05) is 24.8 Å². The van der Waals surface area contributed by atoms with Crippen molar-refractivity contribution in [2.75, 3.05) is 18.0 Å². The highest BCUT2D eigenvalue weighted by Crippen LogP contribution is 2.27. The molecule has 0 spiro atoms. The Bertz CT molecular complexity index is 515. The molecule has 1 aromatic rings. The molecule has 1 saturated heterocycles. The van der Waals surface area contributed by atoms with E-state index in [9.17, 15) is 20.0 Å². The smallest absolute Gasteiger partial charge is 0.280 e. The molecular weight excluding hydrogens is 248 g/mol. The third-order valence-electron chi connectivity index (χ3n) is 3.32. The quantitative estimate of drug-likeness (QED) is 0.511. The average Bonchev–Trinajstić information content (AvgIpc) is 2.37. The van der Waals surface area contributed by atoms with Crippen LogP contribution in [0.3, 0.4) is 0 Å². The van der Waals surface area contributed by atoms with Crippen LogP contribution in [0.2, 0.25) is 0 Å². The van der Waals surface area contributed by atoms with Gasteiger partial charge in [-0.1, -0.05) is 0 Å². The van der Waals surface area contributed by atoms with Crippen molar-refractivity contribution >= 4 is 17.2 Å². The zero-order valence-corrected chi connectivity index (χ0v) is 10.7. The van der Waals surface area contributed by atoms with Crippen molar-refractivity contribution in [1.29, 1.82) is 0 Å². The lowest BCUT2D eigenvalue weighted by atomic mass is 10.0. The van der Waals surface area contributed by atoms with Crippen LogP contribution >= 0.6 is 0 Å². The predicted molar refractivity (Wildman–Crippen MR) is 70.6 cm³/mol. The van der Waals surface area contributed by atoms with Crippen molar-refractivity contribution in [2.24, 2.45) is 0 Å². The second-order valence-electron chi connectivity index (χ2n) is 4.76. The number of nitrogens with zero attached hydrogens (tertiary/aromatic N) is 2. The Kier molecular flexibility index (Phi) is 3.80. The lowest BCUT2D eigenvalue weighted by Gasteiger charge is -2.32. The minimum Gasteiger partial charge on any atom is -0.391 e. The Morgan fingerprint density at radius 2 is 2.26 bits per heavy atom. The van der Waals surface area contributed by atoms with Crippen molar-refractivity contribution in [3.05, 3.63) is 33.9 Å². The number of carbonyl (C=O) groups excluding carboxylic acids is 1. The molecule has 1 aliphatic rings. The zero-order valence-electron chi connectivity index (χ0n) is 10.7. The summed E-state index contributed by atoms with van der Waals surface area (Å²) in [7, 11) is 0. The number of carbonyl (C=O) groups is 1. The van der Waals surface area contributed by atoms with Crippen LogP contribution in [0.15, 0.2) is 18.2 Å². The Balaban J connectivity index is 2.35. The summed E-state index contributed by atoms with van der Waals surface area (Å²) in [4.78, 5) is 23.8. The number of aliphatic hydroxyl groups excluding tert-OH is 1. The molecule has 0 aliphatic carbocycles. The Hall–Kier alpha value is -1.95. The third kappa shape index (κ3) is 2.90. The Morgan fingerprint density at radius 1 is 1.53 bits per heavy atom. The summed E-state index contributed by atoms with van der Waals surface area (Å²) in [5.74, 6) is -0.328. The minimum atomic E-state index is -0.550. The summed E-state index contributed by atoms with van der Waals surface area (Å²) in [6.45, 7) is 2.60. The number of hydrogen-bond acceptors (Lipinski definition) is 5. The molecule has 1 fully saturated rings. The van der Waals surface area contributed by atoms with Gasteiger partial charge >= 0.3 is 0 Å². The second kappa shape index (κ2) is 5.36. The average molecular weight is 264 g/mol. The van der Waals surface area contributed by atoms with E-state index in [1.807, 2.05) is 4.90 Å². The molecule has 0 radical (unpaired) electrons. The predicted octanol–water partition coefficient (Wildman–Crippen LogP) is 1.76. The van der Waals surface area contributed by atoms with Crippen LogP contribution in [0.25, 0.3) is 0 Å². The highest BCUT2D eigenvalue weighted by Gasteiger charge is 2.22. The van der Waals surface area contributed by atoms with E-state index < -0.39 is 4.92 Å². The topological polar surface area (TPSA) is 83.7 Å². The van der Waals surface area contributed by atoms with E-state index in [-0.39, 0.29) is 23.1 Å². The molecule has 102 valence electrons. The summed E-state index contributed by atoms with van der Waals surface area (Å²) < 4.78 is 0. The molecule has 6 heteroatoms. The summed E-state index contributed by atoms with van der Waals surface area (Å²) in [6, 6.07) is 4.52. The fourth-order valence-corrected chi connectivity index (χ4v) is 2.35. The first-order chi connectivity index (χ1) is 8.99. The van der Waals surface area contributed by atoms with Gasteiger partial charge in [-0.05, 0) is 31.9 Å². The molecule has 1 N–H and O–H groups in total. The van der Waals surface area contributed by atoms with Crippen LogP contribution < -0.4 is 4.90 Å². The number of anilines is 1. The number of aliphatic hydroxyl groups is 1. The van der Waals surface area contributed by atoms with Gasteiger partial charge in [0.1, 0.15) is 0 Å². The van der Waals surface area contributed by atoms with Gasteiger partial charge in [-0.15, -0.1) is 0 Å². The van der Waals surface area contributed by atoms with E-state index in [0.29, 0.717) is 6.54 Å². The van der Waals surface area contributed by atoms with Crippen molar-refractivity contribution in [2.45, 2.75) is 25.9 Å². The molecule has 0 saturated carbocycles. The van der Waals surface area contributed by atoms with Gasteiger partial charge in [0.15, 0.2) is 5.78 Å². The normalized spacial score (nSPS) is 19.3. The van der Waals surface area contributed by atoms with Crippen LogP contribution in [0.4, 0.5) is 11.4 Å². The fourth-order valence-electron chi connectivity index (χ4n) is 2.35. The number of hydrogen-bond donors (Lipinski definition) is 1. The zero-order chi connectivity index (χ0) is 14.0. The molecule has 1 heterocycles. The van der Waals surface area contributed by atoms with Crippen molar-refractivity contribution < 1.29 is 14.8 Å². The first-order valence-electron chi connectivity index (χ1n) is 6.21. The van der Waals surface area contributed by atoms with E-state index >= 15 is 0 Å². The van der Waals surface area contributed by atoms with Crippen LogP contribution in [-0.2, 0) is 0 Å². The van der Waals surface area contributed by atoms with Gasteiger partial charge in [-0.25, -0.2) is 0 Å². The van der Waals surface area contributed by atoms with Crippen molar-refractivity contribution in [3.8, 4) is 0 Å². The molecule has 19 heavy (non-hydrogen) atoms. The molecule has 1 atom stereocenters. The first kappa shape index (κ1) is 13.5. The molecule has 0 bridgehead atoms. The molecule has 1 aliphatic heterocycles. The maximum Gasteiger partial charge on any atom is 0.280 e. The maximum absolute atomic E-state index is 11.5. The third-order valence-corrected chi connectivity index (χ3v) is 3.32. The van der Waals surface area contributed by atoms with Crippen LogP contribution in [0, 0.1) is 10.1 Å². The number of benzene rings is 1. The molecule has 0 amide bonds. The fraction of sp³-hybridized carbons (Fsp3) is 0.462. The maximum atomic E-state index is 11.5. The number of rotatable bonds is 3. The summed E-state index contributed by atoms with van der Waals surface area (Å²) in [6.07, 6.45) is 1.25. The van der Waals surface area contributed by atoms with Crippen molar-refractivity contribution in [1.82, 2.24) is 0 Å². The van der Waals surface area contributed by atoms with E-state index in [1.54, 1.807) is 12.1 Å². The van der Waals surface area contributed by atoms with E-state index in [1.165, 1.54) is 13.0 Å². The molecule has 1 unspecified atom stereocenters. The standard InChI is InChI=1S/C13H16N2O4/c1-9(16)12-7-10(4-5-13(12)15(18)19)14-6-2-3-11(17)8-14/h4-5,7,11,17H,2-3,6,8H2,1H3. The van der Waals surface area contributed by atoms with Gasteiger partial charge < -0.3 is 10.0 Å². The summed E-state index contributed by atoms with van der Waals surface area (Å²) >= 11 is 0. The second-order valence-corrected chi connectivity index (χ2v) is 4.76. The van der Waals surface area contributed by atoms with Gasteiger partial charge in [-0.2, -0.15) is 0 Å². The Labute approximate surface area is 110 Å². The van der Waals surface area contributed by atoms with E-state index in [4.69, 9.17) is 0 Å². The van der Waals surface area contributed by atoms with Crippen LogP contribution in [0.1, 0.15) is 30.1 Å². The van der Waals surface area contributed by atoms with Crippen LogP contribution in [0.5, 0.6) is 0 Å². The van der Waals surface area contributed by atoms with Gasteiger partial charge in [0.05, 0.1) is 16.6 Å². The molecule has 0 aromatic heterocycles. The Morgan fingerprint density at radius 3 is 2.84 bits per heavy atom. The minimum absolute atomic E-state index is 0.113. The van der Waals surface area contributed by atoms with Gasteiger partial charge in [0.2, 0.25) is 0 Å². The van der Waals surface area contributed by atoms with Gasteiger partial charge in [0.25, 0.3) is 5.69 Å². The molecule has 1 aromatic carbocycles. The van der Waals surface area contributed by atoms with E-state index in [0.717, 1.165) is 25.1 Å². The monoisotopic (exact) mass is 264 g/mol. The first-order valence-corrected chi connectivity index (χ1v) is 6.21. The summed E-state index contributed by atoms with van der Waals surface area (Å²) in [5.41, 5.74) is 0.686. The highest BCUT2D eigenvalue weighted by molar-refractivity contribution is 5.99. The molecule has 6 nitrogen and oxygen atoms in total. The summed E-state index contributed by atoms with van der Waals surface area (Å²) in [5, 5.41) is 20.5. The number of nitro groups is 1. The number of piperidine rings is 1. The lowest BCUT2D eigenvalue weighted by Crippen LogP contribution is -2.38. The number of nitro benzene ring substituents is 1. The number of Topliss-reactive ketones (excluding diaryl/α,β-unsaturated/α-hetero) is 1. The SMILES string of the molecule is CC(=O)c1cc(N2CCCC(O)C2)ccc1[N+](=O)[O-]. The largest absolute Gasteiger partial charge is 0.391 e. The molecular formula is C13H16N2O4. The van der Waals surface area contributed by atoms with Crippen LogP contribution in [-0.4, -0.2) is 35.0 Å². The van der Waals surface area contributed by atoms with Gasteiger partial charge in [-0.3, -0.25) is 14.9 Å². The highest BCUT2D eigenvalue weighted by atomic mass is 16.6. The number of ketones is 1. The lowest BCUT2D eigenvalue weighted by molar-refractivity contribution is -0.385. The molecule has 2 rings (SSSR count). The number of β-amino-alcohol motifs (C(OH)–C–C–N with tert-alkyl or cyclic N) is 1. The van der Waals surface area contributed by atoms with E-state index in [2.05, 4.69) is 0 Å². The van der Waals surface area contributed by atoms with Crippen molar-refractivity contribution in [3.63, 3.8) is 0 Å².